The van der Waals surface area contributed by atoms with Crippen molar-refractivity contribution >= 4 is 7.12 Å². The number of rotatable bonds is 2. The number of hydrogen-bond acceptors (Lipinski definition) is 2. The lowest BCUT2D eigenvalue weighted by molar-refractivity contribution is 0.405. The minimum atomic E-state index is -1.28. The van der Waals surface area contributed by atoms with Crippen molar-refractivity contribution in [3.05, 3.63) is 34.9 Å². The highest BCUT2D eigenvalue weighted by molar-refractivity contribution is 6.40. The van der Waals surface area contributed by atoms with E-state index in [0.29, 0.717) is 0 Å². The number of hydrogen-bond donors (Lipinski definition) is 2. The fourth-order valence-corrected chi connectivity index (χ4v) is 1.89. The first kappa shape index (κ1) is 15.3. The van der Waals surface area contributed by atoms with E-state index in [0.717, 1.165) is 5.56 Å². The summed E-state index contributed by atoms with van der Waals surface area (Å²) in [5.41, 5.74) is 3.60. The van der Waals surface area contributed by atoms with Gasteiger partial charge in [0.05, 0.1) is 0 Å². The highest BCUT2D eigenvalue weighted by Gasteiger charge is 2.21. The van der Waals surface area contributed by atoms with E-state index in [9.17, 15) is 0 Å². The van der Waals surface area contributed by atoms with Crippen molar-refractivity contribution in [1.82, 2.24) is 0 Å². The van der Waals surface area contributed by atoms with E-state index >= 15 is 0 Å². The van der Waals surface area contributed by atoms with Gasteiger partial charge in [-0.15, -0.1) is 0 Å². The topological polar surface area (TPSA) is 40.5 Å². The molecule has 0 atom stereocenters. The van der Waals surface area contributed by atoms with Crippen molar-refractivity contribution in [2.24, 2.45) is 0 Å². The van der Waals surface area contributed by atoms with Gasteiger partial charge in [0.1, 0.15) is 0 Å². The Morgan fingerprint density at radius 3 is 1.50 bits per heavy atom. The first-order valence-corrected chi connectivity index (χ1v) is 6.51. The molecule has 0 bridgehead atoms. The third-order valence-corrected chi connectivity index (χ3v) is 3.14. The van der Waals surface area contributed by atoms with E-state index < -0.39 is 7.12 Å². The zero-order valence-electron chi connectivity index (χ0n) is 12.4. The molecule has 100 valence electrons. The Kier molecular flexibility index (Phi) is 4.29. The maximum atomic E-state index is 9.15. The molecule has 0 aliphatic carbocycles. The molecule has 0 saturated carbocycles. The lowest BCUT2D eigenvalue weighted by Crippen LogP contribution is -2.20. The van der Waals surface area contributed by atoms with Gasteiger partial charge in [-0.25, -0.2) is 0 Å². The fraction of sp³-hybridized carbons (Fsp3) is 0.600. The monoisotopic (exact) mass is 248 g/mol. The molecule has 0 amide bonds. The second kappa shape index (κ2) is 5.06. The first-order chi connectivity index (χ1) is 8.00. The molecule has 2 N–H and O–H groups in total. The molecule has 0 unspecified atom stereocenters. The summed E-state index contributed by atoms with van der Waals surface area (Å²) in [6.07, 6.45) is 0.285. The van der Waals surface area contributed by atoms with Gasteiger partial charge in [-0.1, -0.05) is 59.7 Å². The van der Waals surface area contributed by atoms with Crippen LogP contribution in [0.3, 0.4) is 0 Å². The van der Waals surface area contributed by atoms with Crippen molar-refractivity contribution in [1.29, 1.82) is 0 Å². The molecule has 0 aromatic heterocycles. The van der Waals surface area contributed by atoms with Crippen molar-refractivity contribution in [2.75, 3.05) is 0 Å². The van der Waals surface area contributed by atoms with Crippen molar-refractivity contribution < 1.29 is 10.0 Å². The molecule has 1 aromatic carbocycles. The Morgan fingerprint density at radius 1 is 0.833 bits per heavy atom. The van der Waals surface area contributed by atoms with Crippen LogP contribution in [0.5, 0.6) is 0 Å². The zero-order chi connectivity index (χ0) is 14.1. The largest absolute Gasteiger partial charge is 0.456 e. The van der Waals surface area contributed by atoms with Crippen LogP contribution < -0.4 is 0 Å². The van der Waals surface area contributed by atoms with Crippen LogP contribution in [-0.4, -0.2) is 17.2 Å². The van der Waals surface area contributed by atoms with E-state index in [1.165, 1.54) is 11.1 Å². The van der Waals surface area contributed by atoms with Crippen molar-refractivity contribution in [3.8, 4) is 0 Å². The summed E-state index contributed by atoms with van der Waals surface area (Å²) in [5.74, 6) is 0. The normalized spacial score (nSPS) is 12.7. The molecule has 1 aromatic rings. The molecule has 1 rings (SSSR count). The molecule has 0 fully saturated rings. The number of benzene rings is 1. The van der Waals surface area contributed by atoms with Gasteiger partial charge in [0, 0.05) is 6.32 Å². The summed E-state index contributed by atoms with van der Waals surface area (Å²) in [7, 11) is -1.28. The lowest BCUT2D eigenvalue weighted by Gasteiger charge is -2.26. The summed E-state index contributed by atoms with van der Waals surface area (Å²) in [6, 6.07) is 6.39. The van der Waals surface area contributed by atoms with Crippen LogP contribution in [0.25, 0.3) is 0 Å². The summed E-state index contributed by atoms with van der Waals surface area (Å²) >= 11 is 0. The van der Waals surface area contributed by atoms with Crippen LogP contribution >= 0.6 is 0 Å². The highest BCUT2D eigenvalue weighted by atomic mass is 16.4. The van der Waals surface area contributed by atoms with Gasteiger partial charge in [-0.05, 0) is 27.5 Å². The van der Waals surface area contributed by atoms with Crippen LogP contribution in [-0.2, 0) is 17.2 Å². The molecule has 0 spiro atoms. The minimum absolute atomic E-state index is 0.0659. The molecule has 3 heteroatoms. The molecular formula is C15H25BO2. The molecule has 2 nitrogen and oxygen atoms in total. The first-order valence-electron chi connectivity index (χ1n) is 6.51. The Bertz CT molecular complexity index is 379. The Labute approximate surface area is 111 Å². The van der Waals surface area contributed by atoms with Gasteiger partial charge >= 0.3 is 7.12 Å². The summed E-state index contributed by atoms with van der Waals surface area (Å²) in [6.45, 7) is 13.0. The Morgan fingerprint density at radius 2 is 1.22 bits per heavy atom. The van der Waals surface area contributed by atoms with Gasteiger partial charge in [0.25, 0.3) is 0 Å². The quantitative estimate of drug-likeness (QED) is 0.790. The van der Waals surface area contributed by atoms with E-state index in [-0.39, 0.29) is 17.2 Å². The van der Waals surface area contributed by atoms with Crippen LogP contribution in [0.15, 0.2) is 18.2 Å². The van der Waals surface area contributed by atoms with Gasteiger partial charge in [0.15, 0.2) is 0 Å². The lowest BCUT2D eigenvalue weighted by atomic mass is 9.75. The summed E-state index contributed by atoms with van der Waals surface area (Å²) in [5, 5.41) is 18.3. The maximum Gasteiger partial charge on any atom is 0.456 e. The molecule has 18 heavy (non-hydrogen) atoms. The summed E-state index contributed by atoms with van der Waals surface area (Å²) < 4.78 is 0. The van der Waals surface area contributed by atoms with E-state index in [4.69, 9.17) is 10.0 Å². The molecular weight excluding hydrogens is 223 g/mol. The fourth-order valence-electron chi connectivity index (χ4n) is 1.89. The van der Waals surface area contributed by atoms with E-state index in [1.807, 2.05) is 0 Å². The van der Waals surface area contributed by atoms with Crippen LogP contribution in [0, 0.1) is 0 Å². The average Bonchev–Trinajstić information content (AvgIpc) is 2.13. The molecule has 0 aliphatic rings. The standard InChI is InChI=1S/C15H25BO2/c1-14(2,3)12-7-11(10-16(17)18)8-13(9-12)15(4,5)6/h7-9,17-18H,10H2,1-6H3. The molecule has 0 aliphatic heterocycles. The smallest absolute Gasteiger partial charge is 0.427 e. The van der Waals surface area contributed by atoms with Gasteiger partial charge in [0.2, 0.25) is 0 Å². The molecule has 0 saturated heterocycles. The van der Waals surface area contributed by atoms with Crippen molar-refractivity contribution in [2.45, 2.75) is 58.7 Å². The third kappa shape index (κ3) is 4.15. The average molecular weight is 248 g/mol. The van der Waals surface area contributed by atoms with E-state index in [2.05, 4.69) is 59.7 Å². The van der Waals surface area contributed by atoms with Crippen LogP contribution in [0.1, 0.15) is 58.2 Å². The Balaban J connectivity index is 3.29. The molecule has 0 heterocycles. The van der Waals surface area contributed by atoms with Gasteiger partial charge in [-0.2, -0.15) is 0 Å². The van der Waals surface area contributed by atoms with Gasteiger partial charge in [-0.3, -0.25) is 0 Å². The highest BCUT2D eigenvalue weighted by Crippen LogP contribution is 2.30. The van der Waals surface area contributed by atoms with Crippen molar-refractivity contribution in [3.63, 3.8) is 0 Å². The van der Waals surface area contributed by atoms with Gasteiger partial charge < -0.3 is 10.0 Å². The van der Waals surface area contributed by atoms with Crippen LogP contribution in [0.2, 0.25) is 0 Å². The maximum absolute atomic E-state index is 9.15. The second-order valence-corrected chi connectivity index (χ2v) is 7.10. The van der Waals surface area contributed by atoms with E-state index in [1.54, 1.807) is 0 Å². The summed E-state index contributed by atoms with van der Waals surface area (Å²) in [4.78, 5) is 0. The Hall–Kier alpha value is -0.795. The SMILES string of the molecule is CC(C)(C)c1cc(CB(O)O)cc(C(C)(C)C)c1. The second-order valence-electron chi connectivity index (χ2n) is 7.10. The predicted octanol–water partition coefficient (Wildman–Crippen LogP) is 2.84. The predicted molar refractivity (Wildman–Crippen MR) is 77.7 cm³/mol. The molecule has 0 radical (unpaired) electrons. The zero-order valence-corrected chi connectivity index (χ0v) is 12.4. The minimum Gasteiger partial charge on any atom is -0.427 e. The third-order valence-electron chi connectivity index (χ3n) is 3.14. The van der Waals surface area contributed by atoms with Crippen LogP contribution in [0.4, 0.5) is 0 Å².